The molecular formula is C96H163N13O24. The summed E-state index contributed by atoms with van der Waals surface area (Å²) in [5.41, 5.74) is -0.0537. The number of benzene rings is 1. The van der Waals surface area contributed by atoms with Gasteiger partial charge < -0.3 is 117 Å². The van der Waals surface area contributed by atoms with E-state index in [2.05, 4.69) is 138 Å². The normalized spacial score (nSPS) is 25.5. The molecule has 0 spiro atoms. The molecular weight excluding hydrogens is 1720 g/mol. The minimum absolute atomic E-state index is 0.0134. The van der Waals surface area contributed by atoms with Gasteiger partial charge in [-0.1, -0.05) is 83.1 Å². The lowest BCUT2D eigenvalue weighted by Crippen LogP contribution is -2.57. The second-order valence-electron chi connectivity index (χ2n) is 36.5. The summed E-state index contributed by atoms with van der Waals surface area (Å²) in [6.07, 6.45) is 7.78. The summed E-state index contributed by atoms with van der Waals surface area (Å²) in [6, 6.07) is 0.722. The molecule has 37 heteroatoms. The van der Waals surface area contributed by atoms with E-state index < -0.39 is 78.7 Å². The van der Waals surface area contributed by atoms with Gasteiger partial charge in [0.15, 0.2) is 25.2 Å². The molecule has 0 radical (unpaired) electrons. The number of hydrogen-bond donors (Lipinski definition) is 14. The van der Waals surface area contributed by atoms with Crippen molar-refractivity contribution >= 4 is 82.8 Å². The maximum atomic E-state index is 14.1. The van der Waals surface area contributed by atoms with Crippen LogP contribution < -0.4 is 73.9 Å². The summed E-state index contributed by atoms with van der Waals surface area (Å²) < 4.78 is 55.8. The van der Waals surface area contributed by atoms with E-state index in [0.717, 1.165) is 25.7 Å². The van der Waals surface area contributed by atoms with Gasteiger partial charge >= 0.3 is 5.97 Å². The Balaban J connectivity index is 1.21. The second kappa shape index (κ2) is 62.8. The van der Waals surface area contributed by atoms with Gasteiger partial charge in [0.1, 0.15) is 24.4 Å². The number of carboxylic acids is 1. The molecule has 4 aliphatic heterocycles. The summed E-state index contributed by atoms with van der Waals surface area (Å²) in [5, 5.41) is 46.6. The van der Waals surface area contributed by atoms with Crippen LogP contribution >= 0.6 is 0 Å². The molecule has 0 saturated carbocycles. The molecule has 14 N–H and O–H groups in total. The van der Waals surface area contributed by atoms with Gasteiger partial charge in [0.25, 0.3) is 11.8 Å². The number of carbonyl (C=O) groups excluding carboxylic acids is 13. The molecule has 4 heterocycles. The van der Waals surface area contributed by atoms with Crippen molar-refractivity contribution in [3.63, 3.8) is 0 Å². The van der Waals surface area contributed by atoms with E-state index in [9.17, 15) is 67.1 Å². The molecule has 1 aromatic carbocycles. The van der Waals surface area contributed by atoms with Gasteiger partial charge in [0.2, 0.25) is 65.0 Å². The van der Waals surface area contributed by atoms with Crippen LogP contribution in [0.2, 0.25) is 0 Å². The summed E-state index contributed by atoms with van der Waals surface area (Å²) in [4.78, 5) is 182. The lowest BCUT2D eigenvalue weighted by atomic mass is 9.81. The fourth-order valence-electron chi connectivity index (χ4n) is 17.5. The van der Waals surface area contributed by atoms with Crippen molar-refractivity contribution in [3.8, 4) is 5.75 Å². The van der Waals surface area contributed by atoms with Crippen molar-refractivity contribution in [1.29, 1.82) is 0 Å². The van der Waals surface area contributed by atoms with Crippen molar-refractivity contribution < 1.29 is 115 Å². The Morgan fingerprint density at radius 1 is 0.316 bits per heavy atom. The molecule has 20 unspecified atom stereocenters. The smallest absolute Gasteiger partial charge is 0.303 e. The van der Waals surface area contributed by atoms with Gasteiger partial charge in [-0.15, -0.1) is 0 Å². The topological polar surface area (TPSA) is 499 Å². The fourth-order valence-corrected chi connectivity index (χ4v) is 17.5. The van der Waals surface area contributed by atoms with E-state index in [1.807, 2.05) is 13.8 Å². The van der Waals surface area contributed by atoms with Crippen LogP contribution in [-0.4, -0.2) is 253 Å². The molecule has 4 fully saturated rings. The standard InChI is InChI=1S/C96H163N13O24/c1-17-75-58(5)62(9)85(104-66(13)110)93(130-75)126-50-31-25-38-79(114)97-43-29-23-35-73(108-82(117)40-27-33-52-128-95-87(106-68(15)112)64(11)60(7)77(19-3)132-95)91(123)102-47-45-100-89(121)70-55-71(57-72(56-70)125-54-49-99-81(116)37-21-22-42-84(119)120)90(122)101-46-48-103-92(124)74(109-83(118)41-28-34-53-129-96-88(107-69(16)113)65(12)61(8)78(20-4)133-96)36-24-30-44-98-80(115)39-26-32-51-127-94-86(105-67(14)111)63(10)59(6)76(18-2)131-94/h55-65,73-78,85-88,93-96H,17-54H2,1-16H3,(H,97,114)(H,98,115)(H,99,116)(H,100,121)(H,101,122)(H,102,123)(H,103,124)(H,104,110)(H,105,111)(H,106,112)(H,107,113)(H,108,117)(H,109,118)(H,119,120)/t58?,59?,60?,61?,62?,63?,64?,65?,73-,74-,75?,76?,77?,78?,85?,86?,87?,88?,93?,94?,95?,96?/m0/s1. The minimum atomic E-state index is -1.01. The number of hydrogen-bond acceptors (Lipinski definition) is 23. The van der Waals surface area contributed by atoms with Crippen LogP contribution in [0.3, 0.4) is 0 Å². The van der Waals surface area contributed by atoms with Crippen molar-refractivity contribution in [3.05, 3.63) is 29.3 Å². The van der Waals surface area contributed by atoms with E-state index in [4.69, 9.17) is 47.7 Å². The van der Waals surface area contributed by atoms with E-state index >= 15 is 0 Å². The summed E-state index contributed by atoms with van der Waals surface area (Å²) in [5.74, 6) is -4.30. The Hall–Kier alpha value is -8.72. The molecule has 5 rings (SSSR count). The molecule has 13 amide bonds. The molecule has 37 nitrogen and oxygen atoms in total. The number of carbonyl (C=O) groups is 14. The number of rotatable bonds is 63. The van der Waals surface area contributed by atoms with Gasteiger partial charge in [-0.25, -0.2) is 0 Å². The average Bonchev–Trinajstić information content (AvgIpc) is 0.811. The average molecular weight is 1880 g/mol. The van der Waals surface area contributed by atoms with Crippen LogP contribution in [0.15, 0.2) is 18.2 Å². The van der Waals surface area contributed by atoms with Crippen molar-refractivity contribution in [1.82, 2.24) is 69.1 Å². The van der Waals surface area contributed by atoms with E-state index in [1.165, 1.54) is 45.9 Å². The summed E-state index contributed by atoms with van der Waals surface area (Å²) in [6.45, 7) is 31.9. The first kappa shape index (κ1) is 115. The Bertz CT molecular complexity index is 3560. The molecule has 0 aromatic heterocycles. The molecule has 4 saturated heterocycles. The maximum absolute atomic E-state index is 14.1. The molecule has 1 aromatic rings. The van der Waals surface area contributed by atoms with E-state index in [0.29, 0.717) is 116 Å². The Morgan fingerprint density at radius 3 is 0.887 bits per heavy atom. The van der Waals surface area contributed by atoms with Crippen molar-refractivity contribution in [2.24, 2.45) is 47.3 Å². The zero-order chi connectivity index (χ0) is 98.1. The predicted molar refractivity (Wildman–Crippen MR) is 498 cm³/mol. The SMILES string of the molecule is CCC1OC(OCCCCC(=O)NCCCC[C@H](NC(=O)CCCCOC2OC(CC)C(C)C(C)C2NC(C)=O)C(=O)NCCNC(=O)c2cc(OCCNC(=O)CCCCC(=O)O)cc(C(=O)NCCNC(=O)[C@H](CCCCNC(=O)CCCCOC3OC(CC)C(C)C(C)C3NC(C)=O)NC(=O)CCCCOC3OC(CC)C(C)C(C)C3NC(C)=O)c2)C(NC(C)=O)C(C)C1C. The maximum Gasteiger partial charge on any atom is 0.303 e. The lowest BCUT2D eigenvalue weighted by molar-refractivity contribution is -0.236. The van der Waals surface area contributed by atoms with Crippen molar-refractivity contribution in [2.75, 3.05) is 78.8 Å². The first-order valence-electron chi connectivity index (χ1n) is 49.2. The predicted octanol–water partition coefficient (Wildman–Crippen LogP) is 7.46. The number of ether oxygens (including phenoxy) is 9. The quantitative estimate of drug-likeness (QED) is 0.0281. The van der Waals surface area contributed by atoms with Gasteiger partial charge in [0.05, 0.1) is 55.1 Å². The highest BCUT2D eigenvalue weighted by atomic mass is 16.7. The summed E-state index contributed by atoms with van der Waals surface area (Å²) in [7, 11) is 0. The monoisotopic (exact) mass is 1880 g/mol. The van der Waals surface area contributed by atoms with Gasteiger partial charge in [-0.2, -0.15) is 0 Å². The van der Waals surface area contributed by atoms with Crippen LogP contribution in [0.25, 0.3) is 0 Å². The Morgan fingerprint density at radius 2 is 0.594 bits per heavy atom. The highest BCUT2D eigenvalue weighted by Crippen LogP contribution is 2.37. The first-order chi connectivity index (χ1) is 63.5. The second-order valence-corrected chi connectivity index (χ2v) is 36.5. The minimum Gasteiger partial charge on any atom is -0.492 e. The first-order valence-corrected chi connectivity index (χ1v) is 49.2. The number of amides is 13. The lowest BCUT2D eigenvalue weighted by Gasteiger charge is -2.44. The van der Waals surface area contributed by atoms with Crippen LogP contribution in [0.5, 0.6) is 5.75 Å². The zero-order valence-electron chi connectivity index (χ0n) is 82.1. The van der Waals surface area contributed by atoms with Crippen LogP contribution in [0.4, 0.5) is 0 Å². The van der Waals surface area contributed by atoms with Gasteiger partial charge in [0, 0.05) is 143 Å². The largest absolute Gasteiger partial charge is 0.492 e. The molecule has 22 atom stereocenters. The third kappa shape index (κ3) is 42.2. The summed E-state index contributed by atoms with van der Waals surface area (Å²) >= 11 is 0. The van der Waals surface area contributed by atoms with Gasteiger partial charge in [-0.3, -0.25) is 67.1 Å². The zero-order valence-corrected chi connectivity index (χ0v) is 82.1. The van der Waals surface area contributed by atoms with E-state index in [1.54, 1.807) is 0 Å². The fraction of sp³-hybridized carbons (Fsp3) is 0.792. The molecule has 0 bridgehead atoms. The Labute approximate surface area is 787 Å². The van der Waals surface area contributed by atoms with Crippen LogP contribution in [0.1, 0.15) is 298 Å². The van der Waals surface area contributed by atoms with Crippen LogP contribution in [0, 0.1) is 47.3 Å². The van der Waals surface area contributed by atoms with Gasteiger partial charge in [-0.05, 0) is 194 Å². The molecule has 4 aliphatic rings. The number of aliphatic carboxylic acids is 1. The third-order valence-electron chi connectivity index (χ3n) is 26.1. The number of nitrogens with one attached hydrogen (secondary N) is 13. The third-order valence-corrected chi connectivity index (χ3v) is 26.1. The van der Waals surface area contributed by atoms with E-state index in [-0.39, 0.29) is 258 Å². The number of unbranched alkanes of at least 4 members (excludes halogenated alkanes) is 7. The molecule has 756 valence electrons. The number of carboxylic acid groups (broad SMARTS) is 1. The Kier molecular flexibility index (Phi) is 54.2. The molecule has 0 aliphatic carbocycles. The van der Waals surface area contributed by atoms with Crippen LogP contribution in [-0.2, 0) is 95.4 Å². The highest BCUT2D eigenvalue weighted by Gasteiger charge is 2.46. The van der Waals surface area contributed by atoms with Crippen molar-refractivity contribution in [2.45, 2.75) is 364 Å². The highest BCUT2D eigenvalue weighted by molar-refractivity contribution is 6.00. The molecule has 133 heavy (non-hydrogen) atoms.